The molecule has 1 N–H and O–H groups in total. The average Bonchev–Trinajstić information content (AvgIpc) is 2.83. The first kappa shape index (κ1) is 12.9. The molecule has 0 saturated carbocycles. The molecule has 2 aromatic heterocycles. The number of H-pyrrole nitrogens is 1. The maximum atomic E-state index is 5.67. The first-order valence-corrected chi connectivity index (χ1v) is 6.91. The highest BCUT2D eigenvalue weighted by molar-refractivity contribution is 7.71. The fourth-order valence-corrected chi connectivity index (χ4v) is 2.53. The summed E-state index contributed by atoms with van der Waals surface area (Å²) in [6.07, 6.45) is 0. The van der Waals surface area contributed by atoms with E-state index in [4.69, 9.17) is 17.0 Å². The molecule has 0 aliphatic carbocycles. The minimum absolute atomic E-state index is 0.633. The zero-order valence-electron chi connectivity index (χ0n) is 11.4. The van der Waals surface area contributed by atoms with E-state index in [1.807, 2.05) is 50.2 Å². The number of benzene rings is 1. The maximum Gasteiger partial charge on any atom is 0.155 e. The summed E-state index contributed by atoms with van der Waals surface area (Å²) in [6, 6.07) is 11.8. The van der Waals surface area contributed by atoms with Crippen LogP contribution < -0.4 is 4.74 Å². The van der Waals surface area contributed by atoms with Crippen molar-refractivity contribution in [1.82, 2.24) is 14.6 Å². The number of fused-ring (bicyclic) bond motifs is 1. The molecule has 0 bridgehead atoms. The molecule has 0 spiro atoms. The lowest BCUT2D eigenvalue weighted by atomic mass is 10.1. The van der Waals surface area contributed by atoms with E-state index in [9.17, 15) is 0 Å². The molecule has 0 fully saturated rings. The Hall–Kier alpha value is -2.14. The second kappa shape index (κ2) is 5.09. The summed E-state index contributed by atoms with van der Waals surface area (Å²) in [6.45, 7) is 4.55. The number of nitrogens with zero attached hydrogens (tertiary/aromatic N) is 2. The number of aromatic amines is 1. The summed E-state index contributed by atoms with van der Waals surface area (Å²) in [4.78, 5) is 4.48. The van der Waals surface area contributed by atoms with E-state index in [0.29, 0.717) is 11.2 Å². The maximum absolute atomic E-state index is 5.67. The highest BCUT2D eigenvalue weighted by Gasteiger charge is 2.09. The van der Waals surface area contributed by atoms with Gasteiger partial charge in [0.2, 0.25) is 0 Å². The Morgan fingerprint density at radius 3 is 2.90 bits per heavy atom. The van der Waals surface area contributed by atoms with Crippen LogP contribution in [0.1, 0.15) is 12.6 Å². The van der Waals surface area contributed by atoms with Gasteiger partial charge in [-0.15, -0.1) is 0 Å². The Bertz CT molecular complexity index is 819. The molecule has 0 atom stereocenters. The first-order chi connectivity index (χ1) is 9.69. The minimum Gasteiger partial charge on any atom is -0.493 e. The number of hydrogen-bond acceptors (Lipinski definition) is 3. The molecule has 0 radical (unpaired) electrons. The number of rotatable bonds is 3. The van der Waals surface area contributed by atoms with Crippen molar-refractivity contribution in [1.29, 1.82) is 0 Å². The van der Waals surface area contributed by atoms with E-state index in [-0.39, 0.29) is 0 Å². The van der Waals surface area contributed by atoms with Gasteiger partial charge in [0.1, 0.15) is 10.4 Å². The number of nitrogens with one attached hydrogen (secondary N) is 1. The van der Waals surface area contributed by atoms with Gasteiger partial charge >= 0.3 is 0 Å². The van der Waals surface area contributed by atoms with Crippen LogP contribution in [0.25, 0.3) is 16.9 Å². The molecule has 3 aromatic rings. The van der Waals surface area contributed by atoms with Crippen LogP contribution in [0.5, 0.6) is 5.75 Å². The number of ether oxygens (including phenoxy) is 1. The summed E-state index contributed by atoms with van der Waals surface area (Å²) in [7, 11) is 0. The lowest BCUT2D eigenvalue weighted by Crippen LogP contribution is -1.95. The molecule has 0 aliphatic rings. The molecular formula is C15H15N3OS. The van der Waals surface area contributed by atoms with Crippen molar-refractivity contribution in [3.63, 3.8) is 0 Å². The molecule has 5 heteroatoms. The molecule has 0 saturated heterocycles. The molecule has 20 heavy (non-hydrogen) atoms. The fraction of sp³-hybridized carbons (Fsp3) is 0.200. The summed E-state index contributed by atoms with van der Waals surface area (Å²) in [5.74, 6) is 0.852. The van der Waals surface area contributed by atoms with Crippen molar-refractivity contribution in [2.45, 2.75) is 13.8 Å². The largest absolute Gasteiger partial charge is 0.493 e. The molecule has 4 nitrogen and oxygen atoms in total. The SMILES string of the molecule is CCOc1ccccc1-c1cc2nc(C)cc(=S)n2[nH]1. The monoisotopic (exact) mass is 285 g/mol. The van der Waals surface area contributed by atoms with Crippen LogP contribution in [0.15, 0.2) is 36.4 Å². The molecule has 102 valence electrons. The van der Waals surface area contributed by atoms with Crippen molar-refractivity contribution in [2.75, 3.05) is 6.61 Å². The Kier molecular flexibility index (Phi) is 3.28. The van der Waals surface area contributed by atoms with Gasteiger partial charge in [-0.1, -0.05) is 24.4 Å². The van der Waals surface area contributed by atoms with Gasteiger partial charge in [-0.3, -0.25) is 5.10 Å². The molecule has 0 aliphatic heterocycles. The molecule has 2 heterocycles. The van der Waals surface area contributed by atoms with Crippen molar-refractivity contribution >= 4 is 17.9 Å². The van der Waals surface area contributed by atoms with Gasteiger partial charge in [-0.25, -0.2) is 9.50 Å². The standard InChI is InChI=1S/C15H15N3OS/c1-3-19-13-7-5-4-6-11(13)12-9-14-16-10(2)8-15(20)18(14)17-12/h4-9,17H,3H2,1-2H3. The molecule has 3 rings (SSSR count). The van der Waals surface area contributed by atoms with E-state index < -0.39 is 0 Å². The zero-order chi connectivity index (χ0) is 14.1. The lowest BCUT2D eigenvalue weighted by molar-refractivity contribution is 0.341. The summed E-state index contributed by atoms with van der Waals surface area (Å²) in [5.41, 5.74) is 3.68. The average molecular weight is 285 g/mol. The van der Waals surface area contributed by atoms with Crippen molar-refractivity contribution in [3.05, 3.63) is 46.7 Å². The van der Waals surface area contributed by atoms with Gasteiger partial charge in [-0.05, 0) is 32.0 Å². The topological polar surface area (TPSA) is 42.3 Å². The van der Waals surface area contributed by atoms with E-state index in [1.165, 1.54) is 0 Å². The number of aromatic nitrogens is 3. The van der Waals surface area contributed by atoms with Crippen molar-refractivity contribution < 1.29 is 4.74 Å². The highest BCUT2D eigenvalue weighted by Crippen LogP contribution is 2.29. The third-order valence-corrected chi connectivity index (χ3v) is 3.36. The quantitative estimate of drug-likeness (QED) is 0.745. The fourth-order valence-electron chi connectivity index (χ4n) is 2.22. The third kappa shape index (κ3) is 2.20. The summed E-state index contributed by atoms with van der Waals surface area (Å²) >= 11 is 5.35. The lowest BCUT2D eigenvalue weighted by Gasteiger charge is -2.07. The van der Waals surface area contributed by atoms with Crippen LogP contribution in [0, 0.1) is 11.6 Å². The van der Waals surface area contributed by atoms with E-state index in [0.717, 1.165) is 28.3 Å². The van der Waals surface area contributed by atoms with Gasteiger partial charge in [0.15, 0.2) is 5.65 Å². The highest BCUT2D eigenvalue weighted by atomic mass is 32.1. The van der Waals surface area contributed by atoms with Crippen molar-refractivity contribution in [3.8, 4) is 17.0 Å². The van der Waals surface area contributed by atoms with Crippen LogP contribution in [-0.2, 0) is 0 Å². The normalized spacial score (nSPS) is 10.9. The smallest absolute Gasteiger partial charge is 0.155 e. The van der Waals surface area contributed by atoms with Gasteiger partial charge in [-0.2, -0.15) is 0 Å². The van der Waals surface area contributed by atoms with Crippen LogP contribution >= 0.6 is 12.2 Å². The Morgan fingerprint density at radius 1 is 1.30 bits per heavy atom. The van der Waals surface area contributed by atoms with E-state index in [2.05, 4.69) is 10.1 Å². The van der Waals surface area contributed by atoms with Gasteiger partial charge in [0.05, 0.1) is 12.3 Å². The minimum atomic E-state index is 0.633. The van der Waals surface area contributed by atoms with Crippen LogP contribution in [0.2, 0.25) is 0 Å². The zero-order valence-corrected chi connectivity index (χ0v) is 12.2. The Morgan fingerprint density at radius 2 is 2.10 bits per heavy atom. The second-order valence-corrected chi connectivity index (χ2v) is 4.95. The molecular weight excluding hydrogens is 270 g/mol. The van der Waals surface area contributed by atoms with Crippen LogP contribution in [0.3, 0.4) is 0 Å². The molecule has 0 unspecified atom stereocenters. The second-order valence-electron chi connectivity index (χ2n) is 4.53. The molecule has 0 amide bonds. The van der Waals surface area contributed by atoms with Crippen LogP contribution in [0.4, 0.5) is 0 Å². The number of aryl methyl sites for hydroxylation is 1. The number of para-hydroxylation sites is 1. The third-order valence-electron chi connectivity index (χ3n) is 3.06. The molecule has 1 aromatic carbocycles. The Labute approximate surface area is 122 Å². The summed E-state index contributed by atoms with van der Waals surface area (Å²) < 4.78 is 8.19. The first-order valence-electron chi connectivity index (χ1n) is 6.50. The van der Waals surface area contributed by atoms with Gasteiger partial charge < -0.3 is 4.74 Å². The van der Waals surface area contributed by atoms with Gasteiger partial charge in [0, 0.05) is 17.3 Å². The van der Waals surface area contributed by atoms with E-state index in [1.54, 1.807) is 4.52 Å². The predicted molar refractivity (Wildman–Crippen MR) is 81.7 cm³/mol. The van der Waals surface area contributed by atoms with Gasteiger partial charge in [0.25, 0.3) is 0 Å². The summed E-state index contributed by atoms with van der Waals surface area (Å²) in [5, 5.41) is 3.28. The Balaban J connectivity index is 2.20. The van der Waals surface area contributed by atoms with Crippen molar-refractivity contribution in [2.24, 2.45) is 0 Å². The van der Waals surface area contributed by atoms with E-state index >= 15 is 0 Å². The van der Waals surface area contributed by atoms with Crippen LogP contribution in [-0.4, -0.2) is 21.2 Å². The number of hydrogen-bond donors (Lipinski definition) is 1. The predicted octanol–water partition coefficient (Wildman–Crippen LogP) is 3.77.